The number of aryl methyl sites for hydroxylation is 1. The largest absolute Gasteiger partial charge is 0.423 e. The molecule has 5 nitrogen and oxygen atoms in total. The lowest BCUT2D eigenvalue weighted by atomic mass is 9.95. The molecule has 5 heteroatoms. The lowest BCUT2D eigenvalue weighted by Gasteiger charge is -2.13. The van der Waals surface area contributed by atoms with Crippen molar-refractivity contribution in [2.45, 2.75) is 33.2 Å². The van der Waals surface area contributed by atoms with Crippen LogP contribution in [0.4, 0.5) is 0 Å². The van der Waals surface area contributed by atoms with Crippen molar-refractivity contribution in [1.82, 2.24) is 9.55 Å². The van der Waals surface area contributed by atoms with Crippen molar-refractivity contribution in [3.63, 3.8) is 0 Å². The van der Waals surface area contributed by atoms with Gasteiger partial charge in [-0.3, -0.25) is 9.36 Å². The molecule has 2 heterocycles. The van der Waals surface area contributed by atoms with Crippen molar-refractivity contribution < 1.29 is 4.42 Å². The Bertz CT molecular complexity index is 1280. The maximum absolute atomic E-state index is 12.8. The van der Waals surface area contributed by atoms with Crippen molar-refractivity contribution in [2.24, 2.45) is 0 Å². The van der Waals surface area contributed by atoms with Crippen LogP contribution in [0.3, 0.4) is 0 Å². The van der Waals surface area contributed by atoms with E-state index < -0.39 is 5.63 Å². The van der Waals surface area contributed by atoms with Gasteiger partial charge in [0.25, 0.3) is 5.56 Å². The second-order valence-electron chi connectivity index (χ2n) is 7.15. The highest BCUT2D eigenvalue weighted by molar-refractivity contribution is 5.82. The fraction of sp³-hybridized carbons (Fsp3) is 0.227. The van der Waals surface area contributed by atoms with Gasteiger partial charge in [-0.1, -0.05) is 26.0 Å². The Morgan fingerprint density at radius 3 is 2.63 bits per heavy atom. The number of rotatable bonds is 3. The van der Waals surface area contributed by atoms with Crippen LogP contribution in [0.1, 0.15) is 36.5 Å². The van der Waals surface area contributed by atoms with E-state index in [1.807, 2.05) is 31.2 Å². The first-order valence-corrected chi connectivity index (χ1v) is 8.95. The van der Waals surface area contributed by atoms with E-state index in [4.69, 9.17) is 4.42 Å². The molecule has 0 amide bonds. The van der Waals surface area contributed by atoms with Crippen LogP contribution in [-0.2, 0) is 6.54 Å². The molecule has 0 fully saturated rings. The number of aromatic nitrogens is 2. The Labute approximate surface area is 155 Å². The van der Waals surface area contributed by atoms with E-state index in [2.05, 4.69) is 24.9 Å². The summed E-state index contributed by atoms with van der Waals surface area (Å²) in [7, 11) is 0. The monoisotopic (exact) mass is 360 g/mol. The van der Waals surface area contributed by atoms with Gasteiger partial charge in [-0.25, -0.2) is 9.78 Å². The highest BCUT2D eigenvalue weighted by Gasteiger charge is 2.13. The topological polar surface area (TPSA) is 65.1 Å². The van der Waals surface area contributed by atoms with Gasteiger partial charge in [0.15, 0.2) is 0 Å². The van der Waals surface area contributed by atoms with E-state index in [1.54, 1.807) is 6.07 Å². The minimum absolute atomic E-state index is 0.127. The number of nitrogens with zero attached hydrogens (tertiary/aromatic N) is 2. The zero-order valence-corrected chi connectivity index (χ0v) is 15.5. The van der Waals surface area contributed by atoms with Crippen molar-refractivity contribution in [1.29, 1.82) is 0 Å². The van der Waals surface area contributed by atoms with Gasteiger partial charge in [-0.15, -0.1) is 0 Å². The van der Waals surface area contributed by atoms with E-state index in [9.17, 15) is 9.59 Å². The van der Waals surface area contributed by atoms with E-state index in [0.717, 1.165) is 16.5 Å². The van der Waals surface area contributed by atoms with Gasteiger partial charge < -0.3 is 4.42 Å². The van der Waals surface area contributed by atoms with E-state index in [-0.39, 0.29) is 12.1 Å². The second-order valence-corrected chi connectivity index (χ2v) is 7.15. The highest BCUT2D eigenvalue weighted by atomic mass is 16.4. The molecule has 0 radical (unpaired) electrons. The summed E-state index contributed by atoms with van der Waals surface area (Å²) < 4.78 is 6.93. The van der Waals surface area contributed by atoms with Gasteiger partial charge >= 0.3 is 5.63 Å². The highest BCUT2D eigenvalue weighted by Crippen LogP contribution is 2.27. The molecule has 2 aromatic heterocycles. The van der Waals surface area contributed by atoms with Crippen LogP contribution in [-0.4, -0.2) is 9.55 Å². The molecule has 0 saturated heterocycles. The number of hydrogen-bond donors (Lipinski definition) is 0. The first-order chi connectivity index (χ1) is 12.9. The van der Waals surface area contributed by atoms with Crippen molar-refractivity contribution in [3.05, 3.63) is 86.3 Å². The minimum atomic E-state index is -0.420. The molecular formula is C22H20N2O3. The molecular weight excluding hydrogens is 340 g/mol. The van der Waals surface area contributed by atoms with Gasteiger partial charge in [0, 0.05) is 11.5 Å². The normalized spacial score (nSPS) is 11.6. The molecule has 136 valence electrons. The molecule has 0 aliphatic heterocycles. The van der Waals surface area contributed by atoms with Crippen LogP contribution in [0.2, 0.25) is 0 Å². The Kier molecular flexibility index (Phi) is 4.15. The van der Waals surface area contributed by atoms with Crippen LogP contribution < -0.4 is 11.2 Å². The maximum atomic E-state index is 12.8. The predicted octanol–water partition coefficient (Wildman–Crippen LogP) is 3.98. The summed E-state index contributed by atoms with van der Waals surface area (Å²) in [6.07, 6.45) is 1.53. The average Bonchev–Trinajstić information content (AvgIpc) is 2.63. The molecule has 0 bridgehead atoms. The summed E-state index contributed by atoms with van der Waals surface area (Å²) in [6, 6.07) is 12.7. The first kappa shape index (κ1) is 17.2. The van der Waals surface area contributed by atoms with E-state index in [1.165, 1.54) is 22.5 Å². The molecule has 4 rings (SSSR count). The summed E-state index contributed by atoms with van der Waals surface area (Å²) >= 11 is 0. The Hall–Kier alpha value is -3.21. The molecule has 0 aliphatic carbocycles. The van der Waals surface area contributed by atoms with Crippen LogP contribution in [0, 0.1) is 6.92 Å². The predicted molar refractivity (Wildman–Crippen MR) is 106 cm³/mol. The quantitative estimate of drug-likeness (QED) is 0.518. The van der Waals surface area contributed by atoms with Crippen LogP contribution in [0.15, 0.2) is 62.8 Å². The fourth-order valence-corrected chi connectivity index (χ4v) is 3.55. The smallest absolute Gasteiger partial charge is 0.336 e. The van der Waals surface area contributed by atoms with Gasteiger partial charge in [0.2, 0.25) is 0 Å². The van der Waals surface area contributed by atoms with Gasteiger partial charge in [0.05, 0.1) is 23.8 Å². The molecule has 0 saturated carbocycles. The summed E-state index contributed by atoms with van der Waals surface area (Å²) in [5, 5.41) is 1.41. The third-order valence-electron chi connectivity index (χ3n) is 4.91. The molecule has 27 heavy (non-hydrogen) atoms. The number of para-hydroxylation sites is 1. The Balaban J connectivity index is 1.91. The number of benzene rings is 2. The number of fused-ring (bicyclic) bond motifs is 2. The summed E-state index contributed by atoms with van der Waals surface area (Å²) in [4.78, 5) is 29.2. The first-order valence-electron chi connectivity index (χ1n) is 8.95. The average molecular weight is 360 g/mol. The molecule has 4 aromatic rings. The third kappa shape index (κ3) is 3.05. The van der Waals surface area contributed by atoms with Gasteiger partial charge in [-0.2, -0.15) is 0 Å². The zero-order valence-electron chi connectivity index (χ0n) is 15.5. The molecule has 0 spiro atoms. The lowest BCUT2D eigenvalue weighted by molar-refractivity contribution is 0.556. The lowest BCUT2D eigenvalue weighted by Crippen LogP contribution is -2.21. The van der Waals surface area contributed by atoms with Gasteiger partial charge in [-0.05, 0) is 53.8 Å². The van der Waals surface area contributed by atoms with E-state index in [0.29, 0.717) is 22.4 Å². The Morgan fingerprint density at radius 2 is 1.85 bits per heavy atom. The summed E-state index contributed by atoms with van der Waals surface area (Å²) in [5.74, 6) is 0.347. The molecule has 0 N–H and O–H groups in total. The maximum Gasteiger partial charge on any atom is 0.336 e. The molecule has 0 atom stereocenters. The second kappa shape index (κ2) is 6.50. The van der Waals surface area contributed by atoms with Crippen LogP contribution >= 0.6 is 0 Å². The summed E-state index contributed by atoms with van der Waals surface area (Å²) in [5.41, 5.74) is 3.69. The molecule has 0 unspecified atom stereocenters. The van der Waals surface area contributed by atoms with E-state index >= 15 is 0 Å². The Morgan fingerprint density at radius 1 is 1.07 bits per heavy atom. The van der Waals surface area contributed by atoms with Crippen molar-refractivity contribution in [3.8, 4) is 0 Å². The number of hydrogen-bond acceptors (Lipinski definition) is 4. The third-order valence-corrected chi connectivity index (χ3v) is 4.91. The van der Waals surface area contributed by atoms with Gasteiger partial charge in [0.1, 0.15) is 5.58 Å². The minimum Gasteiger partial charge on any atom is -0.423 e. The zero-order chi connectivity index (χ0) is 19.1. The standard InChI is InChI=1S/C22H20N2O3/c1-13(2)17-10-18-15(9-21(25)27-20(18)8-14(17)3)11-24-12-23-19-7-5-4-6-16(19)22(24)26/h4-10,12-13H,11H2,1-3H3. The van der Waals surface area contributed by atoms with Crippen LogP contribution in [0.5, 0.6) is 0 Å². The summed E-state index contributed by atoms with van der Waals surface area (Å²) in [6.45, 7) is 6.54. The molecule has 2 aromatic carbocycles. The van der Waals surface area contributed by atoms with Crippen molar-refractivity contribution in [2.75, 3.05) is 0 Å². The fourth-order valence-electron chi connectivity index (χ4n) is 3.55. The van der Waals surface area contributed by atoms with Crippen LogP contribution in [0.25, 0.3) is 21.9 Å². The SMILES string of the molecule is Cc1cc2oc(=O)cc(Cn3cnc4ccccc4c3=O)c2cc1C(C)C. The molecule has 0 aliphatic rings. The van der Waals surface area contributed by atoms with Crippen molar-refractivity contribution >= 4 is 21.9 Å².